The third-order valence-electron chi connectivity index (χ3n) is 3.47. The first-order chi connectivity index (χ1) is 9.06. The van der Waals surface area contributed by atoms with E-state index in [0.717, 1.165) is 31.6 Å². The van der Waals surface area contributed by atoms with Gasteiger partial charge in [0.15, 0.2) is 0 Å². The number of amides is 1. The van der Waals surface area contributed by atoms with Crippen molar-refractivity contribution >= 4 is 11.6 Å². The number of hydrogen-bond acceptors (Lipinski definition) is 4. The molecule has 104 valence electrons. The lowest BCUT2D eigenvalue weighted by atomic mass is 10.0. The molecular formula is C14H21N3O2. The van der Waals surface area contributed by atoms with Crippen LogP contribution in [-0.2, 0) is 4.79 Å². The molecule has 1 aromatic rings. The molecule has 2 rings (SSSR count). The van der Waals surface area contributed by atoms with Crippen LogP contribution in [0.5, 0.6) is 0 Å². The first kappa shape index (κ1) is 13.8. The van der Waals surface area contributed by atoms with Crippen molar-refractivity contribution in [1.29, 1.82) is 0 Å². The third-order valence-corrected chi connectivity index (χ3v) is 3.47. The van der Waals surface area contributed by atoms with Crippen molar-refractivity contribution in [2.45, 2.75) is 38.8 Å². The smallest absolute Gasteiger partial charge is 0.217 e. The molecule has 1 fully saturated rings. The molecule has 5 nitrogen and oxygen atoms in total. The number of carbonyl (C=O) groups excluding carboxylic acids is 1. The lowest BCUT2D eigenvalue weighted by Crippen LogP contribution is -2.44. The minimum atomic E-state index is -0.528. The van der Waals surface area contributed by atoms with Crippen molar-refractivity contribution in [3.8, 4) is 0 Å². The van der Waals surface area contributed by atoms with E-state index < -0.39 is 6.10 Å². The van der Waals surface area contributed by atoms with E-state index in [0.29, 0.717) is 11.7 Å². The largest absolute Gasteiger partial charge is 0.387 e. The van der Waals surface area contributed by atoms with Crippen molar-refractivity contribution in [1.82, 2.24) is 10.3 Å². The highest BCUT2D eigenvalue weighted by Gasteiger charge is 2.20. The molecule has 1 saturated heterocycles. The molecular weight excluding hydrogens is 242 g/mol. The fourth-order valence-electron chi connectivity index (χ4n) is 2.40. The molecule has 0 saturated carbocycles. The first-order valence-corrected chi connectivity index (χ1v) is 6.72. The number of nitrogens with zero attached hydrogens (tertiary/aromatic N) is 2. The van der Waals surface area contributed by atoms with Crippen LogP contribution in [0.1, 0.15) is 38.5 Å². The Labute approximate surface area is 113 Å². The van der Waals surface area contributed by atoms with Crippen LogP contribution in [0, 0.1) is 0 Å². The Morgan fingerprint density at radius 3 is 2.63 bits per heavy atom. The van der Waals surface area contributed by atoms with Gasteiger partial charge in [0, 0.05) is 26.1 Å². The molecule has 1 atom stereocenters. The quantitative estimate of drug-likeness (QED) is 0.861. The zero-order valence-electron chi connectivity index (χ0n) is 11.5. The lowest BCUT2D eigenvalue weighted by Gasteiger charge is -2.33. The molecule has 0 spiro atoms. The predicted molar refractivity (Wildman–Crippen MR) is 73.9 cm³/mol. The summed E-state index contributed by atoms with van der Waals surface area (Å²) < 4.78 is 0. The van der Waals surface area contributed by atoms with Gasteiger partial charge in [0.25, 0.3) is 0 Å². The van der Waals surface area contributed by atoms with E-state index in [1.54, 1.807) is 20.0 Å². The molecule has 0 radical (unpaired) electrons. The predicted octanol–water partition coefficient (Wildman–Crippen LogP) is 1.24. The Kier molecular flexibility index (Phi) is 4.37. The van der Waals surface area contributed by atoms with Crippen molar-refractivity contribution in [3.05, 3.63) is 24.0 Å². The summed E-state index contributed by atoms with van der Waals surface area (Å²) in [6, 6.07) is 4.15. The van der Waals surface area contributed by atoms with E-state index in [4.69, 9.17) is 0 Å². The number of nitrogens with one attached hydrogen (secondary N) is 1. The maximum atomic E-state index is 11.0. The second-order valence-corrected chi connectivity index (χ2v) is 5.08. The van der Waals surface area contributed by atoms with E-state index >= 15 is 0 Å². The Bertz CT molecular complexity index is 423. The number of aromatic nitrogens is 1. The molecule has 2 heterocycles. The maximum absolute atomic E-state index is 11.0. The Balaban J connectivity index is 1.92. The van der Waals surface area contributed by atoms with E-state index in [2.05, 4.69) is 15.2 Å². The van der Waals surface area contributed by atoms with E-state index in [9.17, 15) is 9.90 Å². The van der Waals surface area contributed by atoms with Gasteiger partial charge in [0.2, 0.25) is 5.91 Å². The Morgan fingerprint density at radius 2 is 2.16 bits per heavy atom. The third kappa shape index (κ3) is 3.67. The molecule has 19 heavy (non-hydrogen) atoms. The van der Waals surface area contributed by atoms with Crippen LogP contribution in [0.15, 0.2) is 18.3 Å². The number of carbonyl (C=O) groups is 1. The number of anilines is 1. The summed E-state index contributed by atoms with van der Waals surface area (Å²) >= 11 is 0. The van der Waals surface area contributed by atoms with Crippen LogP contribution in [0.3, 0.4) is 0 Å². The fraction of sp³-hybridized carbons (Fsp3) is 0.571. The monoisotopic (exact) mass is 263 g/mol. The summed E-state index contributed by atoms with van der Waals surface area (Å²) in [5.74, 6) is 0.0430. The fourth-order valence-corrected chi connectivity index (χ4v) is 2.40. The van der Waals surface area contributed by atoms with E-state index in [1.165, 1.54) is 0 Å². The number of hydrogen-bond donors (Lipinski definition) is 2. The first-order valence-electron chi connectivity index (χ1n) is 6.72. The average molecular weight is 263 g/mol. The van der Waals surface area contributed by atoms with E-state index in [1.807, 2.05) is 12.1 Å². The van der Waals surface area contributed by atoms with Gasteiger partial charge < -0.3 is 15.3 Å². The zero-order chi connectivity index (χ0) is 13.8. The van der Waals surface area contributed by atoms with Gasteiger partial charge in [-0.3, -0.25) is 9.78 Å². The number of rotatable bonds is 3. The van der Waals surface area contributed by atoms with Crippen LogP contribution in [0.4, 0.5) is 5.69 Å². The van der Waals surface area contributed by atoms with Crippen LogP contribution >= 0.6 is 0 Å². The maximum Gasteiger partial charge on any atom is 0.217 e. The number of aliphatic hydroxyl groups excluding tert-OH is 1. The minimum Gasteiger partial charge on any atom is -0.387 e. The Hall–Kier alpha value is -1.62. The van der Waals surface area contributed by atoms with Gasteiger partial charge >= 0.3 is 0 Å². The van der Waals surface area contributed by atoms with Gasteiger partial charge in [-0.1, -0.05) is 0 Å². The Morgan fingerprint density at radius 1 is 1.47 bits per heavy atom. The highest BCUT2D eigenvalue weighted by Crippen LogP contribution is 2.20. The molecule has 0 aromatic carbocycles. The standard InChI is InChI=1S/C14H21N3O2/c1-10(18)14-4-3-13(9-15-14)17-7-5-12(6-8-17)16-11(2)19/h3-4,9-10,12,18H,5-8H2,1-2H3,(H,16,19). The van der Waals surface area contributed by atoms with Crippen molar-refractivity contribution in [2.24, 2.45) is 0 Å². The van der Waals surface area contributed by atoms with Gasteiger partial charge in [-0.15, -0.1) is 0 Å². The van der Waals surface area contributed by atoms with Gasteiger partial charge in [-0.05, 0) is 31.9 Å². The zero-order valence-corrected chi connectivity index (χ0v) is 11.5. The molecule has 1 aliphatic rings. The number of aliphatic hydroxyl groups is 1. The van der Waals surface area contributed by atoms with Gasteiger partial charge in [-0.2, -0.15) is 0 Å². The van der Waals surface area contributed by atoms with Crippen molar-refractivity contribution in [3.63, 3.8) is 0 Å². The SMILES string of the molecule is CC(=O)NC1CCN(c2ccc(C(C)O)nc2)CC1. The summed E-state index contributed by atoms with van der Waals surface area (Å²) in [6.07, 6.45) is 3.19. The van der Waals surface area contributed by atoms with Crippen molar-refractivity contribution in [2.75, 3.05) is 18.0 Å². The summed E-state index contributed by atoms with van der Waals surface area (Å²) in [4.78, 5) is 17.5. The highest BCUT2D eigenvalue weighted by atomic mass is 16.3. The van der Waals surface area contributed by atoms with E-state index in [-0.39, 0.29) is 5.91 Å². The topological polar surface area (TPSA) is 65.5 Å². The summed E-state index contributed by atoms with van der Waals surface area (Å²) in [7, 11) is 0. The van der Waals surface area contributed by atoms with Gasteiger partial charge in [0.05, 0.1) is 23.7 Å². The number of pyridine rings is 1. The summed E-state index contributed by atoms with van der Waals surface area (Å²) in [6.45, 7) is 5.10. The van der Waals surface area contributed by atoms with Crippen molar-refractivity contribution < 1.29 is 9.90 Å². The second kappa shape index (κ2) is 6.02. The normalized spacial score (nSPS) is 18.2. The lowest BCUT2D eigenvalue weighted by molar-refractivity contribution is -0.119. The second-order valence-electron chi connectivity index (χ2n) is 5.08. The molecule has 1 unspecified atom stereocenters. The average Bonchev–Trinajstić information content (AvgIpc) is 2.39. The molecule has 0 bridgehead atoms. The molecule has 0 aliphatic carbocycles. The van der Waals surface area contributed by atoms with Crippen LogP contribution in [0.2, 0.25) is 0 Å². The van der Waals surface area contributed by atoms with Crippen LogP contribution < -0.4 is 10.2 Å². The highest BCUT2D eigenvalue weighted by molar-refractivity contribution is 5.73. The summed E-state index contributed by atoms with van der Waals surface area (Å²) in [5, 5.41) is 12.4. The molecule has 2 N–H and O–H groups in total. The number of piperidine rings is 1. The molecule has 1 aromatic heterocycles. The summed E-state index contributed by atoms with van der Waals surface area (Å²) in [5.41, 5.74) is 1.77. The molecule has 1 aliphatic heterocycles. The van der Waals surface area contributed by atoms with Crippen LogP contribution in [0.25, 0.3) is 0 Å². The minimum absolute atomic E-state index is 0.0430. The van der Waals surface area contributed by atoms with Gasteiger partial charge in [-0.25, -0.2) is 0 Å². The van der Waals surface area contributed by atoms with Crippen LogP contribution in [-0.4, -0.2) is 35.1 Å². The van der Waals surface area contributed by atoms with Gasteiger partial charge in [0.1, 0.15) is 0 Å². The molecule has 5 heteroatoms. The molecule has 1 amide bonds.